The molecule has 1 heterocycles. The molecule has 0 aliphatic rings. The molecule has 2 aromatic carbocycles. The number of aromatic nitrogens is 1. The zero-order valence-electron chi connectivity index (χ0n) is 9.58. The van der Waals surface area contributed by atoms with E-state index in [2.05, 4.69) is 4.98 Å². The minimum absolute atomic E-state index is 0.238. The van der Waals surface area contributed by atoms with Crippen molar-refractivity contribution in [1.29, 1.82) is 0 Å². The minimum atomic E-state index is 0.238. The van der Waals surface area contributed by atoms with Crippen molar-refractivity contribution in [2.75, 3.05) is 0 Å². The summed E-state index contributed by atoms with van der Waals surface area (Å²) in [4.78, 5) is 4.26. The SMILES string of the molecule is Oc1ccc(-c2cnc(-c3ccccc3)o2)cc1. The van der Waals surface area contributed by atoms with Crippen LogP contribution < -0.4 is 0 Å². The van der Waals surface area contributed by atoms with Crippen LogP contribution in [-0.4, -0.2) is 10.1 Å². The molecule has 18 heavy (non-hydrogen) atoms. The van der Waals surface area contributed by atoms with Gasteiger partial charge in [-0.15, -0.1) is 0 Å². The van der Waals surface area contributed by atoms with Gasteiger partial charge in [0.25, 0.3) is 0 Å². The molecule has 0 bridgehead atoms. The van der Waals surface area contributed by atoms with Gasteiger partial charge in [-0.3, -0.25) is 0 Å². The zero-order chi connectivity index (χ0) is 12.4. The van der Waals surface area contributed by atoms with E-state index in [9.17, 15) is 5.11 Å². The molecule has 3 heteroatoms. The second-order valence-corrected chi connectivity index (χ2v) is 3.94. The van der Waals surface area contributed by atoms with Gasteiger partial charge >= 0.3 is 0 Å². The van der Waals surface area contributed by atoms with Crippen molar-refractivity contribution in [3.05, 3.63) is 60.8 Å². The van der Waals surface area contributed by atoms with Crippen LogP contribution in [0.4, 0.5) is 0 Å². The highest BCUT2D eigenvalue weighted by Gasteiger charge is 2.07. The van der Waals surface area contributed by atoms with E-state index in [4.69, 9.17) is 4.42 Å². The molecule has 0 radical (unpaired) electrons. The molecule has 3 nitrogen and oxygen atoms in total. The number of hydrogen-bond donors (Lipinski definition) is 1. The fourth-order valence-electron chi connectivity index (χ4n) is 1.75. The van der Waals surface area contributed by atoms with E-state index in [0.717, 1.165) is 11.1 Å². The summed E-state index contributed by atoms with van der Waals surface area (Å²) in [5.41, 5.74) is 1.84. The standard InChI is InChI=1S/C15H11NO2/c17-13-8-6-11(7-9-13)14-10-16-15(18-14)12-4-2-1-3-5-12/h1-10,17H. The quantitative estimate of drug-likeness (QED) is 0.739. The Bertz CT molecular complexity index is 642. The Balaban J connectivity index is 1.97. The van der Waals surface area contributed by atoms with Gasteiger partial charge in [0.1, 0.15) is 5.75 Å². The Morgan fingerprint density at radius 2 is 1.56 bits per heavy atom. The fraction of sp³-hybridized carbons (Fsp3) is 0. The molecule has 3 rings (SSSR count). The normalized spacial score (nSPS) is 10.4. The molecule has 1 aromatic heterocycles. The largest absolute Gasteiger partial charge is 0.508 e. The molecule has 0 saturated carbocycles. The second-order valence-electron chi connectivity index (χ2n) is 3.94. The summed E-state index contributed by atoms with van der Waals surface area (Å²) in [7, 11) is 0. The molecule has 0 aliphatic heterocycles. The van der Waals surface area contributed by atoms with Crippen molar-refractivity contribution in [3.63, 3.8) is 0 Å². The molecule has 3 aromatic rings. The maximum Gasteiger partial charge on any atom is 0.226 e. The number of phenols is 1. The lowest BCUT2D eigenvalue weighted by Crippen LogP contribution is -1.74. The number of oxazole rings is 1. The van der Waals surface area contributed by atoms with Crippen molar-refractivity contribution < 1.29 is 9.52 Å². The molecule has 0 unspecified atom stereocenters. The molecule has 0 spiro atoms. The van der Waals surface area contributed by atoms with Crippen LogP contribution in [-0.2, 0) is 0 Å². The molecule has 1 N–H and O–H groups in total. The van der Waals surface area contributed by atoms with Crippen LogP contribution >= 0.6 is 0 Å². The predicted octanol–water partition coefficient (Wildman–Crippen LogP) is 3.71. The van der Waals surface area contributed by atoms with Gasteiger partial charge in [0.15, 0.2) is 5.76 Å². The highest BCUT2D eigenvalue weighted by molar-refractivity contribution is 5.61. The Morgan fingerprint density at radius 1 is 0.833 bits per heavy atom. The van der Waals surface area contributed by atoms with Crippen LogP contribution in [0, 0.1) is 0 Å². The fourth-order valence-corrected chi connectivity index (χ4v) is 1.75. The van der Waals surface area contributed by atoms with Crippen LogP contribution in [0.25, 0.3) is 22.8 Å². The first-order chi connectivity index (χ1) is 8.83. The molecule has 0 amide bonds. The summed E-state index contributed by atoms with van der Waals surface area (Å²) in [6.45, 7) is 0. The van der Waals surface area contributed by atoms with Gasteiger partial charge in [-0.25, -0.2) is 4.98 Å². The summed E-state index contributed by atoms with van der Waals surface area (Å²) in [5.74, 6) is 1.52. The van der Waals surface area contributed by atoms with E-state index >= 15 is 0 Å². The van der Waals surface area contributed by atoms with Crippen molar-refractivity contribution in [1.82, 2.24) is 4.98 Å². The monoisotopic (exact) mass is 237 g/mol. The Hall–Kier alpha value is -2.55. The Morgan fingerprint density at radius 3 is 2.28 bits per heavy atom. The van der Waals surface area contributed by atoms with E-state index in [0.29, 0.717) is 11.7 Å². The summed E-state index contributed by atoms with van der Waals surface area (Å²) >= 11 is 0. The number of nitrogens with zero attached hydrogens (tertiary/aromatic N) is 1. The van der Waals surface area contributed by atoms with Crippen molar-refractivity contribution in [2.24, 2.45) is 0 Å². The number of rotatable bonds is 2. The smallest absolute Gasteiger partial charge is 0.226 e. The lowest BCUT2D eigenvalue weighted by Gasteiger charge is -1.97. The van der Waals surface area contributed by atoms with Gasteiger partial charge in [0.2, 0.25) is 5.89 Å². The Kier molecular flexibility index (Phi) is 2.57. The first-order valence-electron chi connectivity index (χ1n) is 5.63. The van der Waals surface area contributed by atoms with Crippen LogP contribution in [0.5, 0.6) is 5.75 Å². The van der Waals surface area contributed by atoms with E-state index in [-0.39, 0.29) is 5.75 Å². The molecular formula is C15H11NO2. The summed E-state index contributed by atoms with van der Waals surface area (Å²) in [5, 5.41) is 9.24. The van der Waals surface area contributed by atoms with Crippen molar-refractivity contribution in [2.45, 2.75) is 0 Å². The summed E-state index contributed by atoms with van der Waals surface area (Å²) < 4.78 is 5.70. The number of benzene rings is 2. The van der Waals surface area contributed by atoms with E-state index in [1.807, 2.05) is 30.3 Å². The van der Waals surface area contributed by atoms with E-state index < -0.39 is 0 Å². The van der Waals surface area contributed by atoms with Crippen LogP contribution in [0.15, 0.2) is 65.2 Å². The minimum Gasteiger partial charge on any atom is -0.508 e. The maximum absolute atomic E-state index is 9.24. The van der Waals surface area contributed by atoms with Gasteiger partial charge in [-0.2, -0.15) is 0 Å². The van der Waals surface area contributed by atoms with E-state index in [1.54, 1.807) is 30.5 Å². The third kappa shape index (κ3) is 1.98. The summed E-state index contributed by atoms with van der Waals surface area (Å²) in [6, 6.07) is 16.6. The first kappa shape index (κ1) is 10.6. The lowest BCUT2D eigenvalue weighted by atomic mass is 10.2. The highest BCUT2D eigenvalue weighted by Crippen LogP contribution is 2.26. The maximum atomic E-state index is 9.24. The van der Waals surface area contributed by atoms with Gasteiger partial charge in [-0.1, -0.05) is 18.2 Å². The third-order valence-electron chi connectivity index (χ3n) is 2.68. The second kappa shape index (κ2) is 4.37. The topological polar surface area (TPSA) is 46.3 Å². The third-order valence-corrected chi connectivity index (χ3v) is 2.68. The number of phenolic OH excluding ortho intramolecular Hbond substituents is 1. The van der Waals surface area contributed by atoms with Crippen LogP contribution in [0.2, 0.25) is 0 Å². The van der Waals surface area contributed by atoms with Crippen molar-refractivity contribution >= 4 is 0 Å². The molecule has 0 saturated heterocycles. The van der Waals surface area contributed by atoms with Crippen LogP contribution in [0.3, 0.4) is 0 Å². The van der Waals surface area contributed by atoms with Gasteiger partial charge < -0.3 is 9.52 Å². The van der Waals surface area contributed by atoms with Gasteiger partial charge in [0, 0.05) is 11.1 Å². The molecule has 0 atom stereocenters. The average molecular weight is 237 g/mol. The van der Waals surface area contributed by atoms with Gasteiger partial charge in [0.05, 0.1) is 6.20 Å². The average Bonchev–Trinajstić information content (AvgIpc) is 2.90. The van der Waals surface area contributed by atoms with Crippen LogP contribution in [0.1, 0.15) is 0 Å². The van der Waals surface area contributed by atoms with E-state index in [1.165, 1.54) is 0 Å². The molecular weight excluding hydrogens is 226 g/mol. The first-order valence-corrected chi connectivity index (χ1v) is 5.63. The van der Waals surface area contributed by atoms with Crippen molar-refractivity contribution in [3.8, 4) is 28.5 Å². The lowest BCUT2D eigenvalue weighted by molar-refractivity contribution is 0.475. The highest BCUT2D eigenvalue weighted by atomic mass is 16.4. The predicted molar refractivity (Wildman–Crippen MR) is 69.0 cm³/mol. The Labute approximate surface area is 104 Å². The number of aromatic hydroxyl groups is 1. The molecule has 0 aliphatic carbocycles. The summed E-state index contributed by atoms with van der Waals surface area (Å²) in [6.07, 6.45) is 1.69. The van der Waals surface area contributed by atoms with Gasteiger partial charge in [-0.05, 0) is 36.4 Å². The zero-order valence-corrected chi connectivity index (χ0v) is 9.58. The molecule has 88 valence electrons. The number of hydrogen-bond acceptors (Lipinski definition) is 3. The molecule has 0 fully saturated rings.